The maximum atomic E-state index is 14.1. The number of benzene rings is 2. The fraction of sp³-hybridized carbons (Fsp3) is 0.300. The highest BCUT2D eigenvalue weighted by Crippen LogP contribution is 2.30. The van der Waals surface area contributed by atoms with Crippen molar-refractivity contribution < 1.29 is 9.50 Å². The lowest BCUT2D eigenvalue weighted by Gasteiger charge is -2.25. The predicted octanol–water partition coefficient (Wildman–Crippen LogP) is 2.84. The fourth-order valence-electron chi connectivity index (χ4n) is 3.02. The van der Waals surface area contributed by atoms with Crippen molar-refractivity contribution in [2.75, 3.05) is 31.6 Å². The lowest BCUT2D eigenvalue weighted by atomic mass is 10.0. The number of nitrogens with zero attached hydrogens (tertiary/aromatic N) is 3. The Bertz CT molecular complexity index is 885. The summed E-state index contributed by atoms with van der Waals surface area (Å²) in [6, 6.07) is 12.5. The minimum Gasteiger partial charge on any atom is -0.392 e. The van der Waals surface area contributed by atoms with Gasteiger partial charge in [-0.25, -0.2) is 14.4 Å². The molecular weight excluding hydrogens is 331 g/mol. The summed E-state index contributed by atoms with van der Waals surface area (Å²) in [6.07, 6.45) is 1.04. The van der Waals surface area contributed by atoms with Gasteiger partial charge in [0.25, 0.3) is 0 Å². The Hall–Kier alpha value is -2.57. The zero-order chi connectivity index (χ0) is 18.5. The molecule has 0 aliphatic carbocycles. The standard InChI is InChI=1S/C20H23FN4O/c1-14(26)12-25(10-9-22-2)20-11-19(23-13-24-20)17-7-8-18(21)16-6-4-3-5-15(16)17/h3-8,11,13-14,22,26H,9-10,12H2,1-2H3. The summed E-state index contributed by atoms with van der Waals surface area (Å²) in [5.41, 5.74) is 1.59. The lowest BCUT2D eigenvalue weighted by Crippen LogP contribution is -2.36. The summed E-state index contributed by atoms with van der Waals surface area (Å²) in [4.78, 5) is 10.8. The Labute approximate surface area is 152 Å². The summed E-state index contributed by atoms with van der Waals surface area (Å²) in [5, 5.41) is 14.3. The molecule has 0 spiro atoms. The monoisotopic (exact) mass is 354 g/mol. The van der Waals surface area contributed by atoms with Crippen LogP contribution in [0.5, 0.6) is 0 Å². The van der Waals surface area contributed by atoms with Crippen LogP contribution in [0.25, 0.3) is 22.0 Å². The van der Waals surface area contributed by atoms with Gasteiger partial charge in [0.2, 0.25) is 0 Å². The van der Waals surface area contributed by atoms with Crippen LogP contribution in [0.2, 0.25) is 0 Å². The Morgan fingerprint density at radius 1 is 1.15 bits per heavy atom. The van der Waals surface area contributed by atoms with E-state index < -0.39 is 6.10 Å². The van der Waals surface area contributed by atoms with E-state index in [1.165, 1.54) is 12.4 Å². The third kappa shape index (κ3) is 3.98. The van der Waals surface area contributed by atoms with Crippen LogP contribution in [-0.4, -0.2) is 47.9 Å². The summed E-state index contributed by atoms with van der Waals surface area (Å²) in [5.74, 6) is 0.489. The molecule has 0 saturated carbocycles. The van der Waals surface area contributed by atoms with E-state index >= 15 is 0 Å². The van der Waals surface area contributed by atoms with E-state index in [4.69, 9.17) is 0 Å². The third-order valence-corrected chi connectivity index (χ3v) is 4.24. The summed E-state index contributed by atoms with van der Waals surface area (Å²) >= 11 is 0. The normalized spacial score (nSPS) is 12.3. The van der Waals surface area contributed by atoms with Crippen molar-refractivity contribution in [1.82, 2.24) is 15.3 Å². The number of aliphatic hydroxyl groups excluding tert-OH is 1. The molecule has 0 fully saturated rings. The van der Waals surface area contributed by atoms with Crippen molar-refractivity contribution in [1.29, 1.82) is 0 Å². The van der Waals surface area contributed by atoms with Crippen molar-refractivity contribution in [2.45, 2.75) is 13.0 Å². The van der Waals surface area contributed by atoms with Crippen LogP contribution in [0.3, 0.4) is 0 Å². The zero-order valence-electron chi connectivity index (χ0n) is 15.0. The Balaban J connectivity index is 2.03. The van der Waals surface area contributed by atoms with Crippen LogP contribution in [-0.2, 0) is 0 Å². The van der Waals surface area contributed by atoms with Gasteiger partial charge in [0, 0.05) is 36.7 Å². The molecule has 136 valence electrons. The summed E-state index contributed by atoms with van der Waals surface area (Å²) in [7, 11) is 1.89. The molecule has 1 heterocycles. The van der Waals surface area contributed by atoms with Gasteiger partial charge >= 0.3 is 0 Å². The highest BCUT2D eigenvalue weighted by atomic mass is 19.1. The second-order valence-corrected chi connectivity index (χ2v) is 6.30. The maximum absolute atomic E-state index is 14.1. The van der Waals surface area contributed by atoms with Crippen LogP contribution in [0.1, 0.15) is 6.92 Å². The predicted molar refractivity (Wildman–Crippen MR) is 103 cm³/mol. The van der Waals surface area contributed by atoms with Crippen molar-refractivity contribution in [3.63, 3.8) is 0 Å². The van der Waals surface area contributed by atoms with Gasteiger partial charge in [-0.05, 0) is 31.5 Å². The van der Waals surface area contributed by atoms with Gasteiger partial charge in [0.15, 0.2) is 0 Å². The maximum Gasteiger partial charge on any atom is 0.132 e. The van der Waals surface area contributed by atoms with Crippen LogP contribution in [0.4, 0.5) is 10.2 Å². The number of likely N-dealkylation sites (N-methyl/N-ethyl adjacent to an activating group) is 1. The molecule has 0 aliphatic rings. The largest absolute Gasteiger partial charge is 0.392 e. The van der Waals surface area contributed by atoms with Gasteiger partial charge in [0.05, 0.1) is 11.8 Å². The molecule has 1 atom stereocenters. The van der Waals surface area contributed by atoms with Crippen LogP contribution in [0, 0.1) is 5.82 Å². The fourth-order valence-corrected chi connectivity index (χ4v) is 3.02. The van der Waals surface area contributed by atoms with E-state index in [9.17, 15) is 9.50 Å². The number of hydrogen-bond donors (Lipinski definition) is 2. The van der Waals surface area contributed by atoms with E-state index in [0.717, 1.165) is 29.0 Å². The van der Waals surface area contributed by atoms with Gasteiger partial charge in [-0.3, -0.25) is 0 Å². The molecule has 6 heteroatoms. The van der Waals surface area contributed by atoms with Gasteiger partial charge in [-0.2, -0.15) is 0 Å². The lowest BCUT2D eigenvalue weighted by molar-refractivity contribution is 0.199. The molecule has 3 rings (SSSR count). The van der Waals surface area contributed by atoms with E-state index in [1.807, 2.05) is 36.2 Å². The van der Waals surface area contributed by atoms with E-state index in [2.05, 4.69) is 15.3 Å². The van der Waals surface area contributed by atoms with Crippen LogP contribution >= 0.6 is 0 Å². The van der Waals surface area contributed by atoms with Gasteiger partial charge in [0.1, 0.15) is 18.0 Å². The van der Waals surface area contributed by atoms with E-state index in [1.54, 1.807) is 19.1 Å². The first kappa shape index (κ1) is 18.2. The molecule has 5 nitrogen and oxygen atoms in total. The number of aliphatic hydroxyl groups is 1. The molecule has 0 radical (unpaired) electrons. The molecule has 2 N–H and O–H groups in total. The molecule has 0 bridgehead atoms. The summed E-state index contributed by atoms with van der Waals surface area (Å²) < 4.78 is 14.1. The Morgan fingerprint density at radius 3 is 2.65 bits per heavy atom. The van der Waals surface area contributed by atoms with Gasteiger partial charge in [-0.15, -0.1) is 0 Å². The number of rotatable bonds is 7. The molecule has 26 heavy (non-hydrogen) atoms. The van der Waals surface area contributed by atoms with Crippen molar-refractivity contribution >= 4 is 16.6 Å². The first-order valence-corrected chi connectivity index (χ1v) is 8.67. The topological polar surface area (TPSA) is 61.3 Å². The minimum absolute atomic E-state index is 0.247. The third-order valence-electron chi connectivity index (χ3n) is 4.24. The highest BCUT2D eigenvalue weighted by Gasteiger charge is 2.14. The molecule has 1 unspecified atom stereocenters. The van der Waals surface area contributed by atoms with E-state index in [0.29, 0.717) is 18.5 Å². The molecular formula is C20H23FN4O. The van der Waals surface area contributed by atoms with E-state index in [-0.39, 0.29) is 5.82 Å². The number of fused-ring (bicyclic) bond motifs is 1. The molecule has 0 saturated heterocycles. The number of aromatic nitrogens is 2. The second-order valence-electron chi connectivity index (χ2n) is 6.30. The zero-order valence-corrected chi connectivity index (χ0v) is 15.0. The Morgan fingerprint density at radius 2 is 1.92 bits per heavy atom. The second kappa shape index (κ2) is 8.21. The number of anilines is 1. The quantitative estimate of drug-likeness (QED) is 0.683. The Kier molecular flexibility index (Phi) is 5.75. The van der Waals surface area contributed by atoms with Crippen molar-refractivity contribution in [3.8, 4) is 11.3 Å². The SMILES string of the molecule is CNCCN(CC(C)O)c1cc(-c2ccc(F)c3ccccc23)ncn1. The van der Waals surface area contributed by atoms with Gasteiger partial charge < -0.3 is 15.3 Å². The smallest absolute Gasteiger partial charge is 0.132 e. The summed E-state index contributed by atoms with van der Waals surface area (Å²) in [6.45, 7) is 3.71. The first-order chi connectivity index (χ1) is 12.6. The minimum atomic E-state index is -0.475. The van der Waals surface area contributed by atoms with Crippen LogP contribution < -0.4 is 10.2 Å². The molecule has 3 aromatic rings. The molecule has 0 amide bonds. The van der Waals surface area contributed by atoms with Crippen molar-refractivity contribution in [2.24, 2.45) is 0 Å². The molecule has 2 aromatic carbocycles. The molecule has 0 aliphatic heterocycles. The van der Waals surface area contributed by atoms with Crippen molar-refractivity contribution in [3.05, 3.63) is 54.6 Å². The average Bonchev–Trinajstić information content (AvgIpc) is 2.65. The number of nitrogens with one attached hydrogen (secondary N) is 1. The van der Waals surface area contributed by atoms with Gasteiger partial charge in [-0.1, -0.05) is 24.3 Å². The number of hydrogen-bond acceptors (Lipinski definition) is 5. The highest BCUT2D eigenvalue weighted by molar-refractivity contribution is 5.96. The first-order valence-electron chi connectivity index (χ1n) is 8.67. The number of halogens is 1. The average molecular weight is 354 g/mol. The van der Waals surface area contributed by atoms with Crippen LogP contribution in [0.15, 0.2) is 48.8 Å². The molecule has 1 aromatic heterocycles.